The highest BCUT2D eigenvalue weighted by atomic mass is 16.4. The van der Waals surface area contributed by atoms with Crippen molar-refractivity contribution in [3.8, 4) is 0 Å². The van der Waals surface area contributed by atoms with Crippen molar-refractivity contribution < 1.29 is 14.7 Å². The maximum absolute atomic E-state index is 12.1. The fraction of sp³-hybridized carbons (Fsp3) is 0.429. The van der Waals surface area contributed by atoms with E-state index < -0.39 is 5.97 Å². The minimum atomic E-state index is -1.04. The minimum absolute atomic E-state index is 0.0584. The largest absolute Gasteiger partial charge is 0.478 e. The standard InChI is InChI=1S/C14H20N2O3/c1-5-16(9(2)3)14(19)15-11-8-6-7-10(4)12(11)13(17)18/h6-9H,5H2,1-4H3,(H,15,19)(H,17,18). The molecule has 2 amide bonds. The predicted molar refractivity (Wildman–Crippen MR) is 74.7 cm³/mol. The lowest BCUT2D eigenvalue weighted by Crippen LogP contribution is -2.40. The molecule has 0 saturated carbocycles. The number of aromatic carboxylic acids is 1. The van der Waals surface area contributed by atoms with Crippen LogP contribution in [-0.4, -0.2) is 34.6 Å². The summed E-state index contributed by atoms with van der Waals surface area (Å²) in [4.78, 5) is 25.0. The second-order valence-corrected chi connectivity index (χ2v) is 4.61. The van der Waals surface area contributed by atoms with Crippen LogP contribution in [0, 0.1) is 6.92 Å². The van der Waals surface area contributed by atoms with E-state index in [1.165, 1.54) is 0 Å². The highest BCUT2D eigenvalue weighted by Crippen LogP contribution is 2.20. The van der Waals surface area contributed by atoms with Gasteiger partial charge in [-0.05, 0) is 39.3 Å². The predicted octanol–water partition coefficient (Wildman–Crippen LogP) is 2.96. The van der Waals surface area contributed by atoms with E-state index in [9.17, 15) is 14.7 Å². The monoisotopic (exact) mass is 264 g/mol. The van der Waals surface area contributed by atoms with Crippen LogP contribution in [0.3, 0.4) is 0 Å². The van der Waals surface area contributed by atoms with Gasteiger partial charge in [-0.25, -0.2) is 9.59 Å². The molecule has 5 nitrogen and oxygen atoms in total. The van der Waals surface area contributed by atoms with Gasteiger partial charge in [0.1, 0.15) is 0 Å². The average Bonchev–Trinajstić information content (AvgIpc) is 2.28. The molecule has 5 heteroatoms. The number of carboxylic acids is 1. The van der Waals surface area contributed by atoms with Gasteiger partial charge in [0.05, 0.1) is 11.3 Å². The number of rotatable bonds is 4. The van der Waals surface area contributed by atoms with Gasteiger partial charge in [-0.3, -0.25) is 0 Å². The summed E-state index contributed by atoms with van der Waals surface area (Å²) in [6, 6.07) is 4.80. The summed E-state index contributed by atoms with van der Waals surface area (Å²) in [5.74, 6) is -1.04. The number of carbonyl (C=O) groups excluding carboxylic acids is 1. The van der Waals surface area contributed by atoms with Gasteiger partial charge in [-0.1, -0.05) is 12.1 Å². The number of nitrogens with one attached hydrogen (secondary N) is 1. The summed E-state index contributed by atoms with van der Waals surface area (Å²) in [5.41, 5.74) is 1.09. The second-order valence-electron chi connectivity index (χ2n) is 4.61. The molecule has 0 aliphatic heterocycles. The first kappa shape index (κ1) is 15.0. The smallest absolute Gasteiger partial charge is 0.338 e. The molecule has 0 atom stereocenters. The topological polar surface area (TPSA) is 69.6 Å². The van der Waals surface area contributed by atoms with E-state index in [0.29, 0.717) is 17.8 Å². The van der Waals surface area contributed by atoms with E-state index in [0.717, 1.165) is 0 Å². The number of hydrogen-bond acceptors (Lipinski definition) is 2. The first-order chi connectivity index (χ1) is 8.88. The zero-order valence-electron chi connectivity index (χ0n) is 11.7. The Balaban J connectivity index is 3.03. The Morgan fingerprint density at radius 1 is 1.37 bits per heavy atom. The Morgan fingerprint density at radius 2 is 2.00 bits per heavy atom. The zero-order valence-corrected chi connectivity index (χ0v) is 11.7. The molecule has 2 N–H and O–H groups in total. The molecule has 0 heterocycles. The Hall–Kier alpha value is -2.04. The number of urea groups is 1. The molecule has 0 aliphatic rings. The third-order valence-electron chi connectivity index (χ3n) is 2.95. The van der Waals surface area contributed by atoms with E-state index in [2.05, 4.69) is 5.32 Å². The van der Waals surface area contributed by atoms with E-state index in [-0.39, 0.29) is 17.6 Å². The highest BCUT2D eigenvalue weighted by molar-refractivity contribution is 6.01. The van der Waals surface area contributed by atoms with Crippen molar-refractivity contribution in [2.24, 2.45) is 0 Å². The normalized spacial score (nSPS) is 10.4. The lowest BCUT2D eigenvalue weighted by atomic mass is 10.1. The molecule has 104 valence electrons. The van der Waals surface area contributed by atoms with Gasteiger partial charge in [0.15, 0.2) is 0 Å². The van der Waals surface area contributed by atoms with Gasteiger partial charge in [-0.2, -0.15) is 0 Å². The number of anilines is 1. The van der Waals surface area contributed by atoms with Crippen molar-refractivity contribution in [2.75, 3.05) is 11.9 Å². The van der Waals surface area contributed by atoms with Crippen molar-refractivity contribution in [3.63, 3.8) is 0 Å². The third-order valence-corrected chi connectivity index (χ3v) is 2.95. The molecule has 0 spiro atoms. The van der Waals surface area contributed by atoms with Crippen LogP contribution in [-0.2, 0) is 0 Å². The molecule has 1 rings (SSSR count). The molecule has 0 fully saturated rings. The Kier molecular flexibility index (Phi) is 4.92. The summed E-state index contributed by atoms with van der Waals surface area (Å²) in [5, 5.41) is 11.9. The Labute approximate surface area is 113 Å². The van der Waals surface area contributed by atoms with Gasteiger partial charge < -0.3 is 15.3 Å². The molecule has 1 aromatic carbocycles. The molecular formula is C14H20N2O3. The maximum Gasteiger partial charge on any atom is 0.338 e. The number of aryl methyl sites for hydroxylation is 1. The fourth-order valence-electron chi connectivity index (χ4n) is 1.99. The summed E-state index contributed by atoms with van der Waals surface area (Å²) in [6.07, 6.45) is 0. The molecule has 1 aromatic rings. The summed E-state index contributed by atoms with van der Waals surface area (Å²) < 4.78 is 0. The van der Waals surface area contributed by atoms with Crippen LogP contribution in [0.2, 0.25) is 0 Å². The SMILES string of the molecule is CCN(C(=O)Nc1cccc(C)c1C(=O)O)C(C)C. The van der Waals surface area contributed by atoms with Crippen LogP contribution in [0.25, 0.3) is 0 Å². The molecule has 0 aliphatic carbocycles. The van der Waals surface area contributed by atoms with Crippen LogP contribution in [0.4, 0.5) is 10.5 Å². The number of carbonyl (C=O) groups is 2. The van der Waals surface area contributed by atoms with Crippen molar-refractivity contribution in [3.05, 3.63) is 29.3 Å². The molecule has 0 saturated heterocycles. The molecule has 0 bridgehead atoms. The number of carboxylic acid groups (broad SMARTS) is 1. The van der Waals surface area contributed by atoms with Gasteiger partial charge in [0.25, 0.3) is 0 Å². The van der Waals surface area contributed by atoms with Gasteiger partial charge in [0.2, 0.25) is 0 Å². The summed E-state index contributed by atoms with van der Waals surface area (Å²) in [6.45, 7) is 7.99. The van der Waals surface area contributed by atoms with Crippen LogP contribution in [0.1, 0.15) is 36.7 Å². The minimum Gasteiger partial charge on any atom is -0.478 e. The van der Waals surface area contributed by atoms with Crippen LogP contribution >= 0.6 is 0 Å². The van der Waals surface area contributed by atoms with Crippen molar-refractivity contribution in [2.45, 2.75) is 33.7 Å². The first-order valence-corrected chi connectivity index (χ1v) is 6.29. The van der Waals surface area contributed by atoms with Crippen molar-refractivity contribution >= 4 is 17.7 Å². The lowest BCUT2D eigenvalue weighted by Gasteiger charge is -2.25. The molecule has 19 heavy (non-hydrogen) atoms. The highest BCUT2D eigenvalue weighted by Gasteiger charge is 2.19. The second kappa shape index (κ2) is 6.22. The van der Waals surface area contributed by atoms with Gasteiger partial charge in [0, 0.05) is 12.6 Å². The lowest BCUT2D eigenvalue weighted by molar-refractivity contribution is 0.0697. The quantitative estimate of drug-likeness (QED) is 0.878. The van der Waals surface area contributed by atoms with E-state index >= 15 is 0 Å². The maximum atomic E-state index is 12.1. The van der Waals surface area contributed by atoms with E-state index in [4.69, 9.17) is 0 Å². The Bertz CT molecular complexity index is 484. The van der Waals surface area contributed by atoms with Crippen LogP contribution < -0.4 is 5.32 Å². The van der Waals surface area contributed by atoms with Gasteiger partial charge in [-0.15, -0.1) is 0 Å². The first-order valence-electron chi connectivity index (χ1n) is 6.29. The zero-order chi connectivity index (χ0) is 14.6. The Morgan fingerprint density at radius 3 is 2.47 bits per heavy atom. The third kappa shape index (κ3) is 3.47. The number of hydrogen-bond donors (Lipinski definition) is 2. The number of nitrogens with zero attached hydrogens (tertiary/aromatic N) is 1. The molecule has 0 radical (unpaired) electrons. The number of benzene rings is 1. The average molecular weight is 264 g/mol. The fourth-order valence-corrected chi connectivity index (χ4v) is 1.99. The van der Waals surface area contributed by atoms with E-state index in [1.807, 2.05) is 20.8 Å². The number of amides is 2. The van der Waals surface area contributed by atoms with Crippen LogP contribution in [0.15, 0.2) is 18.2 Å². The van der Waals surface area contributed by atoms with Crippen molar-refractivity contribution in [1.82, 2.24) is 4.90 Å². The summed E-state index contributed by atoms with van der Waals surface area (Å²) in [7, 11) is 0. The van der Waals surface area contributed by atoms with Gasteiger partial charge >= 0.3 is 12.0 Å². The molecular weight excluding hydrogens is 244 g/mol. The molecule has 0 aromatic heterocycles. The van der Waals surface area contributed by atoms with Crippen LogP contribution in [0.5, 0.6) is 0 Å². The van der Waals surface area contributed by atoms with Crippen molar-refractivity contribution in [1.29, 1.82) is 0 Å². The summed E-state index contributed by atoms with van der Waals surface area (Å²) >= 11 is 0. The van der Waals surface area contributed by atoms with E-state index in [1.54, 1.807) is 30.0 Å². The molecule has 0 unspecified atom stereocenters.